The third-order valence-corrected chi connectivity index (χ3v) is 4.80. The molecule has 3 rings (SSSR count). The zero-order valence-electron chi connectivity index (χ0n) is 14.6. The molecule has 0 aromatic heterocycles. The SMILES string of the molecule is COc1ccc(CN2C(=O)CCN(c3ccc(Br)cc3)C2=O)c(OC)c1. The Hall–Kier alpha value is -2.54. The van der Waals surface area contributed by atoms with E-state index in [1.807, 2.05) is 24.3 Å². The standard InChI is InChI=1S/C19H19BrN2O4/c1-25-16-8-3-13(17(11-16)26-2)12-22-18(23)9-10-21(19(22)24)15-6-4-14(20)5-7-15/h3-8,11H,9-10,12H2,1-2H3. The van der Waals surface area contributed by atoms with Crippen LogP contribution in [0, 0.1) is 0 Å². The summed E-state index contributed by atoms with van der Waals surface area (Å²) >= 11 is 3.39. The molecule has 2 aromatic rings. The topological polar surface area (TPSA) is 59.1 Å². The predicted octanol–water partition coefficient (Wildman–Crippen LogP) is 3.83. The molecule has 0 N–H and O–H groups in total. The molecule has 0 radical (unpaired) electrons. The van der Waals surface area contributed by atoms with E-state index in [9.17, 15) is 9.59 Å². The maximum atomic E-state index is 12.9. The summed E-state index contributed by atoms with van der Waals surface area (Å²) in [6, 6.07) is 12.4. The van der Waals surface area contributed by atoms with E-state index >= 15 is 0 Å². The van der Waals surface area contributed by atoms with Crippen molar-refractivity contribution in [3.05, 3.63) is 52.5 Å². The molecule has 0 aliphatic carbocycles. The van der Waals surface area contributed by atoms with Gasteiger partial charge in [0.1, 0.15) is 11.5 Å². The highest BCUT2D eigenvalue weighted by molar-refractivity contribution is 9.10. The lowest BCUT2D eigenvalue weighted by Gasteiger charge is -2.34. The zero-order chi connectivity index (χ0) is 18.7. The average molecular weight is 419 g/mol. The Morgan fingerprint density at radius 3 is 2.42 bits per heavy atom. The highest BCUT2D eigenvalue weighted by Gasteiger charge is 2.33. The van der Waals surface area contributed by atoms with Crippen LogP contribution >= 0.6 is 15.9 Å². The first-order valence-electron chi connectivity index (χ1n) is 8.12. The summed E-state index contributed by atoms with van der Waals surface area (Å²) in [4.78, 5) is 28.1. The third kappa shape index (κ3) is 3.67. The fourth-order valence-electron chi connectivity index (χ4n) is 2.86. The third-order valence-electron chi connectivity index (χ3n) is 4.27. The molecule has 136 valence electrons. The molecule has 1 aliphatic heterocycles. The molecule has 1 aliphatic rings. The second kappa shape index (κ2) is 7.78. The molecule has 7 heteroatoms. The Morgan fingerprint density at radius 1 is 1.04 bits per heavy atom. The monoisotopic (exact) mass is 418 g/mol. The molecular formula is C19H19BrN2O4. The quantitative estimate of drug-likeness (QED) is 0.740. The highest BCUT2D eigenvalue weighted by atomic mass is 79.9. The number of hydrogen-bond acceptors (Lipinski definition) is 4. The van der Waals surface area contributed by atoms with Crippen LogP contribution in [0.5, 0.6) is 11.5 Å². The summed E-state index contributed by atoms with van der Waals surface area (Å²) in [7, 11) is 3.12. The molecule has 0 bridgehead atoms. The van der Waals surface area contributed by atoms with Gasteiger partial charge in [0.25, 0.3) is 0 Å². The first-order chi connectivity index (χ1) is 12.5. The summed E-state index contributed by atoms with van der Waals surface area (Å²) in [6.07, 6.45) is 0.278. The number of methoxy groups -OCH3 is 2. The van der Waals surface area contributed by atoms with Gasteiger partial charge in [-0.2, -0.15) is 0 Å². The Bertz CT molecular complexity index is 823. The first-order valence-corrected chi connectivity index (χ1v) is 8.91. The number of anilines is 1. The van der Waals surface area contributed by atoms with Crippen molar-refractivity contribution in [2.75, 3.05) is 25.7 Å². The maximum Gasteiger partial charge on any atom is 0.331 e. The van der Waals surface area contributed by atoms with Crippen LogP contribution in [0.3, 0.4) is 0 Å². The van der Waals surface area contributed by atoms with Crippen molar-refractivity contribution in [2.24, 2.45) is 0 Å². The number of amides is 3. The van der Waals surface area contributed by atoms with Gasteiger partial charge >= 0.3 is 6.03 Å². The lowest BCUT2D eigenvalue weighted by molar-refractivity contribution is -0.129. The molecule has 26 heavy (non-hydrogen) atoms. The molecule has 1 heterocycles. The van der Waals surface area contributed by atoms with E-state index in [1.54, 1.807) is 37.3 Å². The van der Waals surface area contributed by atoms with Crippen LogP contribution in [0.15, 0.2) is 46.9 Å². The molecule has 1 saturated heterocycles. The summed E-state index contributed by atoms with van der Waals surface area (Å²) in [5.74, 6) is 1.03. The fourth-order valence-corrected chi connectivity index (χ4v) is 3.12. The fraction of sp³-hybridized carbons (Fsp3) is 0.263. The van der Waals surface area contributed by atoms with Crippen LogP contribution in [0.4, 0.5) is 10.5 Å². The number of hydrogen-bond donors (Lipinski definition) is 0. The highest BCUT2D eigenvalue weighted by Crippen LogP contribution is 2.28. The number of carbonyl (C=O) groups excluding carboxylic acids is 2. The number of imide groups is 1. The molecule has 0 unspecified atom stereocenters. The number of benzene rings is 2. The summed E-state index contributed by atoms with van der Waals surface area (Å²) in [6.45, 7) is 0.521. The molecule has 6 nitrogen and oxygen atoms in total. The molecule has 3 amide bonds. The van der Waals surface area contributed by atoms with Crippen LogP contribution < -0.4 is 14.4 Å². The number of halogens is 1. The van der Waals surface area contributed by atoms with E-state index in [0.29, 0.717) is 18.0 Å². The zero-order valence-corrected chi connectivity index (χ0v) is 16.2. The smallest absolute Gasteiger partial charge is 0.331 e. The van der Waals surface area contributed by atoms with E-state index in [-0.39, 0.29) is 24.9 Å². The van der Waals surface area contributed by atoms with E-state index in [0.717, 1.165) is 15.7 Å². The molecule has 0 saturated carbocycles. The number of ether oxygens (including phenoxy) is 2. The van der Waals surface area contributed by atoms with Gasteiger partial charge in [-0.15, -0.1) is 0 Å². The van der Waals surface area contributed by atoms with Crippen LogP contribution in [0.2, 0.25) is 0 Å². The van der Waals surface area contributed by atoms with Crippen LogP contribution in [-0.2, 0) is 11.3 Å². The largest absolute Gasteiger partial charge is 0.497 e. The second-order valence-corrected chi connectivity index (χ2v) is 6.73. The van der Waals surface area contributed by atoms with E-state index in [4.69, 9.17) is 9.47 Å². The van der Waals surface area contributed by atoms with Crippen molar-refractivity contribution in [1.82, 2.24) is 4.90 Å². The van der Waals surface area contributed by atoms with Gasteiger partial charge in [0, 0.05) is 34.8 Å². The Labute approximate surface area is 160 Å². The lowest BCUT2D eigenvalue weighted by Crippen LogP contribution is -2.52. The molecule has 1 fully saturated rings. The van der Waals surface area contributed by atoms with Crippen LogP contribution in [0.25, 0.3) is 0 Å². The van der Waals surface area contributed by atoms with Crippen molar-refractivity contribution in [1.29, 1.82) is 0 Å². The van der Waals surface area contributed by atoms with Crippen molar-refractivity contribution in [3.8, 4) is 11.5 Å². The predicted molar refractivity (Wildman–Crippen MR) is 102 cm³/mol. The van der Waals surface area contributed by atoms with Gasteiger partial charge in [-0.3, -0.25) is 14.6 Å². The van der Waals surface area contributed by atoms with Gasteiger partial charge in [0.15, 0.2) is 0 Å². The van der Waals surface area contributed by atoms with Gasteiger partial charge in [0.05, 0.1) is 20.8 Å². The number of nitrogens with zero attached hydrogens (tertiary/aromatic N) is 2. The van der Waals surface area contributed by atoms with Gasteiger partial charge in [-0.25, -0.2) is 4.79 Å². The molecule has 0 spiro atoms. The minimum Gasteiger partial charge on any atom is -0.497 e. The van der Waals surface area contributed by atoms with Crippen molar-refractivity contribution >= 4 is 33.6 Å². The van der Waals surface area contributed by atoms with Crippen molar-refractivity contribution < 1.29 is 19.1 Å². The number of rotatable bonds is 5. The maximum absolute atomic E-state index is 12.9. The summed E-state index contributed by atoms with van der Waals surface area (Å²) in [5.41, 5.74) is 1.50. The Balaban J connectivity index is 1.85. The second-order valence-electron chi connectivity index (χ2n) is 5.82. The van der Waals surface area contributed by atoms with Crippen molar-refractivity contribution in [3.63, 3.8) is 0 Å². The van der Waals surface area contributed by atoms with Crippen LogP contribution in [0.1, 0.15) is 12.0 Å². The van der Waals surface area contributed by atoms with Gasteiger partial charge in [-0.1, -0.05) is 15.9 Å². The normalized spacial score (nSPS) is 14.6. The average Bonchev–Trinajstić information content (AvgIpc) is 2.66. The number of carbonyl (C=O) groups is 2. The van der Waals surface area contributed by atoms with Crippen LogP contribution in [-0.4, -0.2) is 37.6 Å². The Kier molecular flexibility index (Phi) is 5.46. The minimum absolute atomic E-state index is 0.151. The summed E-state index contributed by atoms with van der Waals surface area (Å²) < 4.78 is 11.5. The van der Waals surface area contributed by atoms with E-state index in [1.165, 1.54) is 4.90 Å². The molecular weight excluding hydrogens is 400 g/mol. The van der Waals surface area contributed by atoms with E-state index < -0.39 is 0 Å². The number of urea groups is 1. The van der Waals surface area contributed by atoms with Gasteiger partial charge in [0.2, 0.25) is 5.91 Å². The molecule has 0 atom stereocenters. The lowest BCUT2D eigenvalue weighted by atomic mass is 10.1. The molecule has 2 aromatic carbocycles. The van der Waals surface area contributed by atoms with Gasteiger partial charge < -0.3 is 9.47 Å². The van der Waals surface area contributed by atoms with E-state index in [2.05, 4.69) is 15.9 Å². The first kappa shape index (κ1) is 18.3. The van der Waals surface area contributed by atoms with Gasteiger partial charge in [-0.05, 0) is 36.4 Å². The summed E-state index contributed by atoms with van der Waals surface area (Å²) in [5, 5.41) is 0. The van der Waals surface area contributed by atoms with Crippen molar-refractivity contribution in [2.45, 2.75) is 13.0 Å². The minimum atomic E-state index is -0.332. The Morgan fingerprint density at radius 2 is 1.77 bits per heavy atom.